The van der Waals surface area contributed by atoms with Gasteiger partial charge < -0.3 is 4.74 Å². The van der Waals surface area contributed by atoms with Crippen molar-refractivity contribution in [2.45, 2.75) is 46.0 Å². The molecule has 0 spiro atoms. The maximum absolute atomic E-state index is 10.8. The van der Waals surface area contributed by atoms with Crippen LogP contribution in [0, 0.1) is 6.92 Å². The molecule has 114 valence electrons. The lowest BCUT2D eigenvalue weighted by molar-refractivity contribution is 0.302. The Morgan fingerprint density at radius 3 is 2.50 bits per heavy atom. The Bertz CT molecular complexity index is 524. The minimum Gasteiger partial charge on any atom is -0.493 e. The Morgan fingerprint density at radius 1 is 1.20 bits per heavy atom. The van der Waals surface area contributed by atoms with Crippen LogP contribution in [0.15, 0.2) is 18.2 Å². The second-order valence-corrected chi connectivity index (χ2v) is 8.24. The van der Waals surface area contributed by atoms with Crippen LogP contribution >= 0.6 is 10.7 Å². The molecule has 0 heterocycles. The predicted molar refractivity (Wildman–Crippen MR) is 84.3 cm³/mol. The van der Waals surface area contributed by atoms with Crippen molar-refractivity contribution in [2.75, 3.05) is 12.4 Å². The summed E-state index contributed by atoms with van der Waals surface area (Å²) in [5, 5.41) is 0. The number of rotatable bonds is 8. The van der Waals surface area contributed by atoms with E-state index in [9.17, 15) is 8.42 Å². The van der Waals surface area contributed by atoms with Crippen LogP contribution in [0.1, 0.15) is 50.2 Å². The molecule has 0 fully saturated rings. The third-order valence-electron chi connectivity index (χ3n) is 3.08. The second-order valence-electron chi connectivity index (χ2n) is 5.35. The van der Waals surface area contributed by atoms with Crippen molar-refractivity contribution in [1.82, 2.24) is 0 Å². The zero-order chi connectivity index (χ0) is 15.2. The first-order chi connectivity index (χ1) is 9.29. The number of unbranched alkanes of at least 4 members (excludes halogenated alkanes) is 2. The van der Waals surface area contributed by atoms with Gasteiger partial charge in [0.2, 0.25) is 9.05 Å². The van der Waals surface area contributed by atoms with Gasteiger partial charge >= 0.3 is 0 Å². The van der Waals surface area contributed by atoms with Crippen molar-refractivity contribution in [3.8, 4) is 5.75 Å². The predicted octanol–water partition coefficient (Wildman–Crippen LogP) is 4.24. The lowest BCUT2D eigenvalue weighted by Gasteiger charge is -2.14. The normalized spacial score (nSPS) is 11.8. The van der Waals surface area contributed by atoms with Crippen molar-refractivity contribution in [1.29, 1.82) is 0 Å². The molecule has 5 heteroatoms. The molecule has 3 nitrogen and oxygen atoms in total. The van der Waals surface area contributed by atoms with E-state index in [-0.39, 0.29) is 5.75 Å². The van der Waals surface area contributed by atoms with E-state index in [1.807, 2.05) is 6.92 Å². The molecule has 0 aliphatic carbocycles. The fraction of sp³-hybridized carbons (Fsp3) is 0.600. The summed E-state index contributed by atoms with van der Waals surface area (Å²) >= 11 is 0. The fourth-order valence-corrected chi connectivity index (χ4v) is 2.86. The van der Waals surface area contributed by atoms with Gasteiger partial charge in [0.15, 0.2) is 0 Å². The maximum Gasteiger partial charge on any atom is 0.232 e. The molecule has 0 saturated heterocycles. The third kappa shape index (κ3) is 6.62. The minimum absolute atomic E-state index is 0.0379. The van der Waals surface area contributed by atoms with Gasteiger partial charge in [-0.1, -0.05) is 26.0 Å². The van der Waals surface area contributed by atoms with Crippen molar-refractivity contribution >= 4 is 19.7 Å². The van der Waals surface area contributed by atoms with E-state index in [0.717, 1.165) is 18.6 Å². The van der Waals surface area contributed by atoms with Gasteiger partial charge in [0, 0.05) is 10.7 Å². The largest absolute Gasteiger partial charge is 0.493 e. The first-order valence-electron chi connectivity index (χ1n) is 6.95. The van der Waals surface area contributed by atoms with E-state index in [4.69, 9.17) is 15.4 Å². The second kappa shape index (κ2) is 7.89. The van der Waals surface area contributed by atoms with E-state index in [1.54, 1.807) is 0 Å². The molecule has 0 unspecified atom stereocenters. The Balaban J connectivity index is 2.40. The smallest absolute Gasteiger partial charge is 0.232 e. The molecule has 0 atom stereocenters. The average molecular weight is 319 g/mol. The standard InChI is InChI=1S/C15H23ClO3S/c1-12(2)14-8-7-13(3)11-15(14)19-9-5-4-6-10-20(16,17)18/h7-8,11-12H,4-6,9-10H2,1-3H3. The lowest BCUT2D eigenvalue weighted by atomic mass is 10.0. The van der Waals surface area contributed by atoms with Crippen LogP contribution in [-0.2, 0) is 9.05 Å². The highest BCUT2D eigenvalue weighted by Gasteiger charge is 2.08. The first-order valence-corrected chi connectivity index (χ1v) is 9.43. The van der Waals surface area contributed by atoms with E-state index in [2.05, 4.69) is 32.0 Å². The summed E-state index contributed by atoms with van der Waals surface area (Å²) in [7, 11) is 1.80. The lowest BCUT2D eigenvalue weighted by Crippen LogP contribution is -2.03. The van der Waals surface area contributed by atoms with Crippen LogP contribution in [0.25, 0.3) is 0 Å². The molecule has 0 radical (unpaired) electrons. The van der Waals surface area contributed by atoms with Crippen molar-refractivity contribution in [3.63, 3.8) is 0 Å². The molecule has 1 aromatic carbocycles. The van der Waals surface area contributed by atoms with Crippen molar-refractivity contribution < 1.29 is 13.2 Å². The van der Waals surface area contributed by atoms with Crippen LogP contribution in [-0.4, -0.2) is 20.8 Å². The highest BCUT2D eigenvalue weighted by atomic mass is 35.7. The van der Waals surface area contributed by atoms with Crippen molar-refractivity contribution in [3.05, 3.63) is 29.3 Å². The van der Waals surface area contributed by atoms with E-state index in [1.165, 1.54) is 11.1 Å². The molecule has 0 aliphatic rings. The SMILES string of the molecule is Cc1ccc(C(C)C)c(OCCCCCS(=O)(=O)Cl)c1. The third-order valence-corrected chi connectivity index (χ3v) is 4.32. The minimum atomic E-state index is -3.36. The number of halogens is 1. The molecule has 0 N–H and O–H groups in total. The quantitative estimate of drug-likeness (QED) is 0.532. The highest BCUT2D eigenvalue weighted by molar-refractivity contribution is 8.13. The highest BCUT2D eigenvalue weighted by Crippen LogP contribution is 2.27. The van der Waals surface area contributed by atoms with Crippen molar-refractivity contribution in [2.24, 2.45) is 0 Å². The average Bonchev–Trinajstić information content (AvgIpc) is 2.32. The Hall–Kier alpha value is -0.740. The Morgan fingerprint density at radius 2 is 1.90 bits per heavy atom. The molecule has 0 aromatic heterocycles. The van der Waals surface area contributed by atoms with Gasteiger partial charge in [0.25, 0.3) is 0 Å². The summed E-state index contributed by atoms with van der Waals surface area (Å²) < 4.78 is 27.4. The Labute approximate surface area is 126 Å². The van der Waals surface area contributed by atoms with Gasteiger partial charge in [-0.15, -0.1) is 0 Å². The molecule has 0 aliphatic heterocycles. The Kier molecular flexibility index (Phi) is 6.83. The molecular weight excluding hydrogens is 296 g/mol. The monoisotopic (exact) mass is 318 g/mol. The van der Waals surface area contributed by atoms with Crippen LogP contribution in [0.2, 0.25) is 0 Å². The summed E-state index contributed by atoms with van der Waals surface area (Å²) in [5.74, 6) is 1.40. The van der Waals surface area contributed by atoms with E-state index < -0.39 is 9.05 Å². The molecule has 1 aromatic rings. The van der Waals surface area contributed by atoms with Gasteiger partial charge in [-0.2, -0.15) is 0 Å². The number of hydrogen-bond donors (Lipinski definition) is 0. The first kappa shape index (κ1) is 17.3. The molecule has 1 rings (SSSR count). The molecule has 20 heavy (non-hydrogen) atoms. The number of hydrogen-bond acceptors (Lipinski definition) is 3. The zero-order valence-electron chi connectivity index (χ0n) is 12.4. The molecule has 0 saturated carbocycles. The van der Waals surface area contributed by atoms with Crippen LogP contribution in [0.3, 0.4) is 0 Å². The number of aryl methyl sites for hydroxylation is 1. The summed E-state index contributed by atoms with van der Waals surface area (Å²) in [6.45, 7) is 6.93. The van der Waals surface area contributed by atoms with Gasteiger partial charge in [-0.3, -0.25) is 0 Å². The summed E-state index contributed by atoms with van der Waals surface area (Å²) in [4.78, 5) is 0. The molecule has 0 amide bonds. The van der Waals surface area contributed by atoms with Gasteiger partial charge in [0.05, 0.1) is 12.4 Å². The van der Waals surface area contributed by atoms with Crippen LogP contribution in [0.4, 0.5) is 0 Å². The summed E-state index contributed by atoms with van der Waals surface area (Å²) in [6.07, 6.45) is 2.21. The van der Waals surface area contributed by atoms with E-state index >= 15 is 0 Å². The fourth-order valence-electron chi connectivity index (χ4n) is 1.98. The topological polar surface area (TPSA) is 43.4 Å². The van der Waals surface area contributed by atoms with Gasteiger partial charge in [0.1, 0.15) is 5.75 Å². The van der Waals surface area contributed by atoms with E-state index in [0.29, 0.717) is 18.9 Å². The van der Waals surface area contributed by atoms with Gasteiger partial charge in [-0.05, 0) is 49.3 Å². The van der Waals surface area contributed by atoms with Crippen LogP contribution < -0.4 is 4.74 Å². The molecular formula is C15H23ClO3S. The van der Waals surface area contributed by atoms with Gasteiger partial charge in [-0.25, -0.2) is 8.42 Å². The summed E-state index contributed by atoms with van der Waals surface area (Å²) in [6, 6.07) is 6.25. The maximum atomic E-state index is 10.8. The van der Waals surface area contributed by atoms with Crippen LogP contribution in [0.5, 0.6) is 5.75 Å². The molecule has 0 bridgehead atoms. The zero-order valence-corrected chi connectivity index (χ0v) is 13.9. The summed E-state index contributed by atoms with van der Waals surface area (Å²) in [5.41, 5.74) is 2.39. The number of ether oxygens (including phenoxy) is 1. The number of benzene rings is 1.